The molecule has 0 saturated carbocycles. The van der Waals surface area contributed by atoms with E-state index in [1.807, 2.05) is 24.6 Å². The Morgan fingerprint density at radius 3 is 2.81 bits per heavy atom. The van der Waals surface area contributed by atoms with Crippen molar-refractivity contribution in [1.82, 2.24) is 5.32 Å². The molecule has 16 heavy (non-hydrogen) atoms. The lowest BCUT2D eigenvalue weighted by molar-refractivity contribution is 0.618. The van der Waals surface area contributed by atoms with Gasteiger partial charge in [0.25, 0.3) is 0 Å². The minimum atomic E-state index is -0.267. The predicted molar refractivity (Wildman–Crippen MR) is 66.6 cm³/mol. The highest BCUT2D eigenvalue weighted by Gasteiger charge is 2.16. The Bertz CT molecular complexity index is 470. The summed E-state index contributed by atoms with van der Waals surface area (Å²) in [5.74, 6) is -0.267. The number of benzene rings is 1. The Kier molecular flexibility index (Phi) is 3.59. The van der Waals surface area contributed by atoms with E-state index in [4.69, 9.17) is 11.6 Å². The average molecular weight is 256 g/mol. The van der Waals surface area contributed by atoms with E-state index in [1.54, 1.807) is 17.4 Å². The van der Waals surface area contributed by atoms with Crippen molar-refractivity contribution in [3.05, 3.63) is 57.0 Å². The lowest BCUT2D eigenvalue weighted by Gasteiger charge is -2.16. The molecular formula is C12H11ClFNS. The van der Waals surface area contributed by atoms with Crippen molar-refractivity contribution in [1.29, 1.82) is 0 Å². The second-order valence-corrected chi connectivity index (χ2v) is 4.79. The van der Waals surface area contributed by atoms with Crippen molar-refractivity contribution >= 4 is 22.9 Å². The normalized spacial score (nSPS) is 12.7. The molecule has 1 unspecified atom stereocenters. The number of halogens is 2. The summed E-state index contributed by atoms with van der Waals surface area (Å²) < 4.78 is 13.2. The third kappa shape index (κ3) is 2.26. The fourth-order valence-electron chi connectivity index (χ4n) is 1.64. The fourth-order valence-corrected chi connectivity index (χ4v) is 2.72. The van der Waals surface area contributed by atoms with Crippen LogP contribution in [-0.2, 0) is 0 Å². The molecule has 0 spiro atoms. The van der Waals surface area contributed by atoms with Gasteiger partial charge in [-0.05, 0) is 42.3 Å². The molecule has 1 heterocycles. The van der Waals surface area contributed by atoms with E-state index >= 15 is 0 Å². The Hall–Kier alpha value is -0.900. The number of rotatable bonds is 3. The van der Waals surface area contributed by atoms with Crippen LogP contribution in [0.5, 0.6) is 0 Å². The summed E-state index contributed by atoms with van der Waals surface area (Å²) in [6.45, 7) is 0. The van der Waals surface area contributed by atoms with Gasteiger partial charge >= 0.3 is 0 Å². The number of thiophene rings is 1. The third-order valence-electron chi connectivity index (χ3n) is 2.39. The van der Waals surface area contributed by atoms with E-state index in [-0.39, 0.29) is 11.9 Å². The van der Waals surface area contributed by atoms with Gasteiger partial charge in [-0.15, -0.1) is 11.3 Å². The molecule has 0 saturated heterocycles. The first-order valence-electron chi connectivity index (χ1n) is 4.88. The Balaban J connectivity index is 2.44. The van der Waals surface area contributed by atoms with Crippen molar-refractivity contribution in [2.75, 3.05) is 7.05 Å². The second-order valence-electron chi connectivity index (χ2n) is 3.40. The van der Waals surface area contributed by atoms with Crippen LogP contribution < -0.4 is 5.32 Å². The SMILES string of the molecule is CNC(c1cccs1)c1cc(F)ccc1Cl. The molecule has 0 amide bonds. The van der Waals surface area contributed by atoms with Crippen LogP contribution in [0.4, 0.5) is 4.39 Å². The molecule has 84 valence electrons. The standard InChI is InChI=1S/C12H11ClFNS/c1-15-12(11-3-2-6-16-11)9-7-8(14)4-5-10(9)13/h2-7,12,15H,1H3. The molecule has 2 aromatic rings. The monoisotopic (exact) mass is 255 g/mol. The smallest absolute Gasteiger partial charge is 0.123 e. The Labute approximate surface area is 103 Å². The molecule has 1 nitrogen and oxygen atoms in total. The van der Waals surface area contributed by atoms with E-state index in [0.717, 1.165) is 10.4 Å². The van der Waals surface area contributed by atoms with Gasteiger partial charge in [0.05, 0.1) is 6.04 Å². The van der Waals surface area contributed by atoms with Crippen LogP contribution in [-0.4, -0.2) is 7.05 Å². The summed E-state index contributed by atoms with van der Waals surface area (Å²) in [4.78, 5) is 1.12. The summed E-state index contributed by atoms with van der Waals surface area (Å²) >= 11 is 7.71. The van der Waals surface area contributed by atoms with Gasteiger partial charge in [-0.2, -0.15) is 0 Å². The van der Waals surface area contributed by atoms with Crippen molar-refractivity contribution < 1.29 is 4.39 Å². The van der Waals surface area contributed by atoms with E-state index in [0.29, 0.717) is 5.02 Å². The zero-order chi connectivity index (χ0) is 11.5. The van der Waals surface area contributed by atoms with Crippen LogP contribution in [0.2, 0.25) is 5.02 Å². The van der Waals surface area contributed by atoms with E-state index in [2.05, 4.69) is 5.32 Å². The molecule has 0 aliphatic heterocycles. The highest BCUT2D eigenvalue weighted by atomic mass is 35.5. The maximum atomic E-state index is 13.2. The first kappa shape index (κ1) is 11.6. The number of hydrogen-bond acceptors (Lipinski definition) is 2. The molecule has 4 heteroatoms. The van der Waals surface area contributed by atoms with Crippen molar-refractivity contribution in [2.45, 2.75) is 6.04 Å². The van der Waals surface area contributed by atoms with Gasteiger partial charge in [0.2, 0.25) is 0 Å². The van der Waals surface area contributed by atoms with Gasteiger partial charge in [0.1, 0.15) is 5.82 Å². The van der Waals surface area contributed by atoms with Crippen molar-refractivity contribution in [2.24, 2.45) is 0 Å². The molecule has 0 aliphatic carbocycles. The molecule has 1 atom stereocenters. The summed E-state index contributed by atoms with van der Waals surface area (Å²) in [6.07, 6.45) is 0. The third-order valence-corrected chi connectivity index (χ3v) is 3.67. The van der Waals surface area contributed by atoms with Gasteiger partial charge in [0.15, 0.2) is 0 Å². The molecule has 1 N–H and O–H groups in total. The maximum absolute atomic E-state index is 13.2. The summed E-state index contributed by atoms with van der Waals surface area (Å²) in [7, 11) is 1.84. The van der Waals surface area contributed by atoms with E-state index < -0.39 is 0 Å². The van der Waals surface area contributed by atoms with E-state index in [1.165, 1.54) is 12.1 Å². The van der Waals surface area contributed by atoms with Crippen LogP contribution in [0.15, 0.2) is 35.7 Å². The van der Waals surface area contributed by atoms with Crippen molar-refractivity contribution in [3.8, 4) is 0 Å². The molecule has 2 rings (SSSR count). The Morgan fingerprint density at radius 1 is 1.38 bits per heavy atom. The molecule has 0 bridgehead atoms. The number of nitrogens with one attached hydrogen (secondary N) is 1. The molecule has 1 aromatic carbocycles. The second kappa shape index (κ2) is 4.95. The van der Waals surface area contributed by atoms with Crippen LogP contribution in [0.25, 0.3) is 0 Å². The maximum Gasteiger partial charge on any atom is 0.123 e. The zero-order valence-electron chi connectivity index (χ0n) is 8.71. The zero-order valence-corrected chi connectivity index (χ0v) is 10.3. The summed E-state index contributed by atoms with van der Waals surface area (Å²) in [5, 5.41) is 5.72. The quantitative estimate of drug-likeness (QED) is 0.879. The Morgan fingerprint density at radius 2 is 2.19 bits per heavy atom. The van der Waals surface area contributed by atoms with Gasteiger partial charge < -0.3 is 5.32 Å². The predicted octanol–water partition coefficient (Wildman–Crippen LogP) is 3.85. The average Bonchev–Trinajstić information content (AvgIpc) is 2.78. The largest absolute Gasteiger partial charge is 0.309 e. The first-order valence-corrected chi connectivity index (χ1v) is 6.13. The highest BCUT2D eigenvalue weighted by molar-refractivity contribution is 7.10. The topological polar surface area (TPSA) is 12.0 Å². The molecule has 0 radical (unpaired) electrons. The van der Waals surface area contributed by atoms with E-state index in [9.17, 15) is 4.39 Å². The molecule has 0 fully saturated rings. The van der Waals surface area contributed by atoms with Crippen LogP contribution in [0.1, 0.15) is 16.5 Å². The highest BCUT2D eigenvalue weighted by Crippen LogP contribution is 2.30. The first-order chi connectivity index (χ1) is 7.72. The van der Waals surface area contributed by atoms with Crippen LogP contribution in [0, 0.1) is 5.82 Å². The lowest BCUT2D eigenvalue weighted by Crippen LogP contribution is -2.17. The molecular weight excluding hydrogens is 245 g/mol. The molecule has 0 aliphatic rings. The molecule has 1 aromatic heterocycles. The lowest BCUT2D eigenvalue weighted by atomic mass is 10.1. The van der Waals surface area contributed by atoms with Crippen molar-refractivity contribution in [3.63, 3.8) is 0 Å². The van der Waals surface area contributed by atoms with Gasteiger partial charge in [0, 0.05) is 9.90 Å². The van der Waals surface area contributed by atoms with Gasteiger partial charge in [-0.1, -0.05) is 17.7 Å². The van der Waals surface area contributed by atoms with Crippen LogP contribution in [0.3, 0.4) is 0 Å². The van der Waals surface area contributed by atoms with Gasteiger partial charge in [-0.25, -0.2) is 4.39 Å². The van der Waals surface area contributed by atoms with Crippen LogP contribution >= 0.6 is 22.9 Å². The summed E-state index contributed by atoms with van der Waals surface area (Å²) in [5.41, 5.74) is 0.770. The van der Waals surface area contributed by atoms with Gasteiger partial charge in [-0.3, -0.25) is 0 Å². The minimum Gasteiger partial charge on any atom is -0.309 e. The number of hydrogen-bond donors (Lipinski definition) is 1. The summed E-state index contributed by atoms with van der Waals surface area (Å²) in [6, 6.07) is 8.36. The fraction of sp³-hybridized carbons (Fsp3) is 0.167. The minimum absolute atomic E-state index is 0.0526.